The van der Waals surface area contributed by atoms with Crippen molar-refractivity contribution in [1.29, 1.82) is 0 Å². The second kappa shape index (κ2) is 7.02. The lowest BCUT2D eigenvalue weighted by atomic mass is 10.4. The van der Waals surface area contributed by atoms with E-state index >= 15 is 0 Å². The molecular formula is C13H11ClN2O3S. The molecule has 0 aliphatic rings. The fourth-order valence-electron chi connectivity index (χ4n) is 1.27. The predicted octanol–water partition coefficient (Wildman–Crippen LogP) is 3.77. The Balaban J connectivity index is 1.95. The number of nitrogens with zero attached hydrogens (tertiary/aromatic N) is 1. The van der Waals surface area contributed by atoms with Gasteiger partial charge < -0.3 is 9.15 Å². The van der Waals surface area contributed by atoms with Crippen LogP contribution in [0.15, 0.2) is 55.9 Å². The maximum absolute atomic E-state index is 10.8. The van der Waals surface area contributed by atoms with Crippen LogP contribution in [0, 0.1) is 0 Å². The number of hydrogen-bond acceptors (Lipinski definition) is 5. The number of hydrazone groups is 1. The molecule has 2 rings (SSSR count). The van der Waals surface area contributed by atoms with Crippen LogP contribution in [0.4, 0.5) is 4.79 Å². The van der Waals surface area contributed by atoms with Crippen molar-refractivity contribution in [2.24, 2.45) is 5.10 Å². The van der Waals surface area contributed by atoms with Gasteiger partial charge in [-0.05, 0) is 36.4 Å². The van der Waals surface area contributed by atoms with E-state index in [1.807, 2.05) is 30.3 Å². The molecule has 0 spiro atoms. The van der Waals surface area contributed by atoms with Gasteiger partial charge in [-0.3, -0.25) is 0 Å². The molecule has 1 aromatic heterocycles. The average molecular weight is 311 g/mol. The molecule has 104 valence electrons. The van der Waals surface area contributed by atoms with Crippen LogP contribution >= 0.6 is 23.4 Å². The first-order valence-electron chi connectivity index (χ1n) is 5.57. The van der Waals surface area contributed by atoms with E-state index in [9.17, 15) is 4.79 Å². The largest absolute Gasteiger partial charge is 0.452 e. The number of carbonyl (C=O) groups is 1. The monoisotopic (exact) mass is 310 g/mol. The molecule has 0 radical (unpaired) electrons. The number of furan rings is 1. The highest BCUT2D eigenvalue weighted by atomic mass is 35.5. The number of carbonyl (C=O) groups excluding carboxylic acids is 1. The van der Waals surface area contributed by atoms with Crippen molar-refractivity contribution in [2.75, 3.05) is 7.11 Å². The van der Waals surface area contributed by atoms with Crippen molar-refractivity contribution in [3.8, 4) is 0 Å². The van der Waals surface area contributed by atoms with E-state index in [1.54, 1.807) is 6.07 Å². The molecular weight excluding hydrogens is 300 g/mol. The third kappa shape index (κ3) is 4.32. The molecule has 1 amide bonds. The van der Waals surface area contributed by atoms with Crippen LogP contribution in [0.3, 0.4) is 0 Å². The molecule has 1 N–H and O–H groups in total. The molecule has 0 atom stereocenters. The molecule has 0 saturated carbocycles. The number of nitrogens with one attached hydrogen (secondary N) is 1. The number of amides is 1. The first kappa shape index (κ1) is 14.5. The Hall–Kier alpha value is -1.92. The van der Waals surface area contributed by atoms with Crippen molar-refractivity contribution < 1.29 is 13.9 Å². The van der Waals surface area contributed by atoms with Gasteiger partial charge >= 0.3 is 6.09 Å². The number of benzene rings is 1. The van der Waals surface area contributed by atoms with Crippen molar-refractivity contribution in [3.63, 3.8) is 0 Å². The van der Waals surface area contributed by atoms with Crippen LogP contribution in [0.5, 0.6) is 0 Å². The maximum Gasteiger partial charge on any atom is 0.427 e. The zero-order chi connectivity index (χ0) is 14.4. The second-order valence-corrected chi connectivity index (χ2v) is 5.09. The van der Waals surface area contributed by atoms with Crippen LogP contribution in [0.25, 0.3) is 0 Å². The summed E-state index contributed by atoms with van der Waals surface area (Å²) in [6, 6.07) is 11.0. The Morgan fingerprint density at radius 2 is 2.10 bits per heavy atom. The molecule has 0 aliphatic heterocycles. The highest BCUT2D eigenvalue weighted by molar-refractivity contribution is 7.99. The Morgan fingerprint density at radius 3 is 2.80 bits per heavy atom. The number of rotatable bonds is 4. The summed E-state index contributed by atoms with van der Waals surface area (Å²) in [5, 5.41) is 5.08. The van der Waals surface area contributed by atoms with Gasteiger partial charge in [0.2, 0.25) is 0 Å². The van der Waals surface area contributed by atoms with Gasteiger partial charge in [0.25, 0.3) is 0 Å². The van der Waals surface area contributed by atoms with Crippen molar-refractivity contribution in [2.45, 2.75) is 9.99 Å². The summed E-state index contributed by atoms with van der Waals surface area (Å²) in [5.74, 6) is 0.526. The molecule has 0 aliphatic carbocycles. The Kier molecular flexibility index (Phi) is 5.09. The minimum atomic E-state index is -0.636. The molecule has 7 heteroatoms. The molecule has 1 heterocycles. The van der Waals surface area contributed by atoms with Gasteiger partial charge in [-0.1, -0.05) is 23.4 Å². The van der Waals surface area contributed by atoms with E-state index in [4.69, 9.17) is 16.0 Å². The summed E-state index contributed by atoms with van der Waals surface area (Å²) in [4.78, 5) is 11.8. The molecule has 1 aromatic carbocycles. The predicted molar refractivity (Wildman–Crippen MR) is 77.4 cm³/mol. The van der Waals surface area contributed by atoms with Crippen LogP contribution < -0.4 is 5.43 Å². The van der Waals surface area contributed by atoms with Crippen LogP contribution in [0.2, 0.25) is 5.02 Å². The summed E-state index contributed by atoms with van der Waals surface area (Å²) in [5.41, 5.74) is 2.17. The van der Waals surface area contributed by atoms with Gasteiger partial charge in [0, 0.05) is 9.92 Å². The third-order valence-corrected chi connectivity index (χ3v) is 3.35. The molecule has 5 nitrogen and oxygen atoms in total. The molecule has 0 unspecified atom stereocenters. The molecule has 20 heavy (non-hydrogen) atoms. The van der Waals surface area contributed by atoms with Gasteiger partial charge in [-0.15, -0.1) is 0 Å². The van der Waals surface area contributed by atoms with Crippen molar-refractivity contribution >= 4 is 35.7 Å². The highest BCUT2D eigenvalue weighted by Crippen LogP contribution is 2.29. The summed E-state index contributed by atoms with van der Waals surface area (Å²) in [6.07, 6.45) is 0.756. The Labute approximate surface area is 124 Å². The van der Waals surface area contributed by atoms with Gasteiger partial charge in [-0.25, -0.2) is 10.2 Å². The first-order chi connectivity index (χ1) is 9.67. The van der Waals surface area contributed by atoms with E-state index in [-0.39, 0.29) is 0 Å². The minimum Gasteiger partial charge on any atom is -0.452 e. The Bertz CT molecular complexity index is 610. The standard InChI is InChI=1S/C13H11ClN2O3S/c1-18-13(17)16-15-8-10-4-7-12(19-10)20-11-5-2-9(14)3-6-11/h2-8H,1H3,(H,16,17). The summed E-state index contributed by atoms with van der Waals surface area (Å²) < 4.78 is 9.89. The maximum atomic E-state index is 10.8. The van der Waals surface area contributed by atoms with Crippen LogP contribution in [-0.4, -0.2) is 19.4 Å². The van der Waals surface area contributed by atoms with Crippen LogP contribution in [0.1, 0.15) is 5.76 Å². The zero-order valence-corrected chi connectivity index (χ0v) is 12.1. The molecule has 2 aromatic rings. The topological polar surface area (TPSA) is 63.8 Å². The van der Waals surface area contributed by atoms with E-state index < -0.39 is 6.09 Å². The van der Waals surface area contributed by atoms with Crippen molar-refractivity contribution in [3.05, 3.63) is 47.2 Å². The number of halogens is 1. The van der Waals surface area contributed by atoms with Gasteiger partial charge in [0.15, 0.2) is 5.09 Å². The second-order valence-electron chi connectivity index (χ2n) is 3.57. The fourth-order valence-corrected chi connectivity index (χ4v) is 2.18. The lowest BCUT2D eigenvalue weighted by Crippen LogP contribution is -2.16. The minimum absolute atomic E-state index is 0.526. The SMILES string of the molecule is COC(=O)NN=Cc1ccc(Sc2ccc(Cl)cc2)o1. The summed E-state index contributed by atoms with van der Waals surface area (Å²) >= 11 is 7.28. The number of methoxy groups -OCH3 is 1. The zero-order valence-electron chi connectivity index (χ0n) is 10.5. The summed E-state index contributed by atoms with van der Waals surface area (Å²) in [6.45, 7) is 0. The van der Waals surface area contributed by atoms with E-state index in [0.717, 1.165) is 4.90 Å². The molecule has 0 fully saturated rings. The number of ether oxygens (including phenoxy) is 1. The lowest BCUT2D eigenvalue weighted by molar-refractivity contribution is 0.171. The highest BCUT2D eigenvalue weighted by Gasteiger charge is 2.03. The van der Waals surface area contributed by atoms with E-state index in [0.29, 0.717) is 15.9 Å². The lowest BCUT2D eigenvalue weighted by Gasteiger charge is -1.97. The van der Waals surface area contributed by atoms with E-state index in [1.165, 1.54) is 25.1 Å². The Morgan fingerprint density at radius 1 is 1.35 bits per heavy atom. The van der Waals surface area contributed by atoms with Crippen LogP contribution in [-0.2, 0) is 4.74 Å². The van der Waals surface area contributed by atoms with Gasteiger partial charge in [-0.2, -0.15) is 5.10 Å². The molecule has 0 saturated heterocycles. The third-order valence-electron chi connectivity index (χ3n) is 2.17. The quantitative estimate of drug-likeness (QED) is 0.689. The summed E-state index contributed by atoms with van der Waals surface area (Å²) in [7, 11) is 1.26. The molecule has 0 bridgehead atoms. The van der Waals surface area contributed by atoms with E-state index in [2.05, 4.69) is 15.3 Å². The number of hydrogen-bond donors (Lipinski definition) is 1. The van der Waals surface area contributed by atoms with Crippen molar-refractivity contribution in [1.82, 2.24) is 5.43 Å². The first-order valence-corrected chi connectivity index (χ1v) is 6.77. The smallest absolute Gasteiger partial charge is 0.427 e. The normalized spacial score (nSPS) is 10.7. The fraction of sp³-hybridized carbons (Fsp3) is 0.0769. The van der Waals surface area contributed by atoms with Gasteiger partial charge in [0.05, 0.1) is 13.3 Å². The van der Waals surface area contributed by atoms with Gasteiger partial charge in [0.1, 0.15) is 5.76 Å². The average Bonchev–Trinajstić information content (AvgIpc) is 2.89.